The number of nitrogens with zero attached hydrogens (tertiary/aromatic N) is 4. The van der Waals surface area contributed by atoms with Crippen LogP contribution in [0.3, 0.4) is 0 Å². The Morgan fingerprint density at radius 3 is 2.38 bits per heavy atom. The van der Waals surface area contributed by atoms with Gasteiger partial charge in [-0.15, -0.1) is 4.73 Å². The standard InChI is InChI=1S/C26H25Cl2N5O4/c1-15(22(29)34)31-25(35)21-24(33(26(31)36)37-18-7-3-2-4-8-18)30-23(19-9-5-6-10-20(19)28)32(21)17-13-11-16(27)12-14-17/h5-6,9-15,18H,2-4,7-8H2,1H3,(H2,29,34)/t15-/m1/s1. The Kier molecular flexibility index (Phi) is 6.83. The highest BCUT2D eigenvalue weighted by Crippen LogP contribution is 2.32. The topological polar surface area (TPSA) is 114 Å². The van der Waals surface area contributed by atoms with Crippen LogP contribution in [0, 0.1) is 0 Å². The number of carbonyl (C=O) groups excluding carboxylic acids is 1. The molecule has 4 aromatic rings. The minimum Gasteiger partial charge on any atom is -0.404 e. The van der Waals surface area contributed by atoms with E-state index in [2.05, 4.69) is 0 Å². The minimum absolute atomic E-state index is 0.0263. The summed E-state index contributed by atoms with van der Waals surface area (Å²) in [7, 11) is 0. The number of imidazole rings is 1. The molecule has 2 heterocycles. The number of benzene rings is 2. The zero-order chi connectivity index (χ0) is 26.3. The SMILES string of the molecule is C[C@H](C(N)=O)n1c(=O)c2c(nc(-c3ccccc3Cl)n2-c2ccc(Cl)cc2)n(OC2CCCCC2)c1=O. The van der Waals surface area contributed by atoms with Crippen LogP contribution in [0.4, 0.5) is 0 Å². The summed E-state index contributed by atoms with van der Waals surface area (Å²) in [4.78, 5) is 50.6. The van der Waals surface area contributed by atoms with Crippen molar-refractivity contribution in [1.82, 2.24) is 18.8 Å². The maximum absolute atomic E-state index is 13.9. The van der Waals surface area contributed by atoms with Crippen molar-refractivity contribution < 1.29 is 9.63 Å². The van der Waals surface area contributed by atoms with Gasteiger partial charge in [0.15, 0.2) is 5.52 Å². The first-order chi connectivity index (χ1) is 17.8. The number of rotatable bonds is 6. The molecule has 1 atom stereocenters. The third-order valence-electron chi connectivity index (χ3n) is 6.66. The predicted octanol–water partition coefficient (Wildman–Crippen LogP) is 4.13. The number of aromatic nitrogens is 4. The molecule has 1 amide bonds. The van der Waals surface area contributed by atoms with Crippen molar-refractivity contribution in [2.45, 2.75) is 51.2 Å². The van der Waals surface area contributed by atoms with E-state index in [-0.39, 0.29) is 17.3 Å². The fourth-order valence-corrected chi connectivity index (χ4v) is 5.03. The zero-order valence-electron chi connectivity index (χ0n) is 20.1. The smallest absolute Gasteiger partial charge is 0.366 e. The third-order valence-corrected chi connectivity index (χ3v) is 7.24. The van der Waals surface area contributed by atoms with E-state index in [9.17, 15) is 14.4 Å². The van der Waals surface area contributed by atoms with Crippen LogP contribution in [-0.2, 0) is 4.79 Å². The normalized spacial score (nSPS) is 15.1. The first-order valence-electron chi connectivity index (χ1n) is 12.0. The summed E-state index contributed by atoms with van der Waals surface area (Å²) in [5.74, 6) is -0.503. The Balaban J connectivity index is 1.91. The second kappa shape index (κ2) is 10.1. The maximum atomic E-state index is 13.9. The van der Waals surface area contributed by atoms with E-state index >= 15 is 0 Å². The van der Waals surface area contributed by atoms with Gasteiger partial charge in [0, 0.05) is 16.3 Å². The van der Waals surface area contributed by atoms with Crippen LogP contribution in [0.15, 0.2) is 58.1 Å². The summed E-state index contributed by atoms with van der Waals surface area (Å²) in [5.41, 5.74) is 5.15. The zero-order valence-corrected chi connectivity index (χ0v) is 21.6. The third kappa shape index (κ3) is 4.53. The van der Waals surface area contributed by atoms with Crippen molar-refractivity contribution in [2.75, 3.05) is 0 Å². The maximum Gasteiger partial charge on any atom is 0.366 e. The molecule has 0 bridgehead atoms. The molecule has 0 unspecified atom stereocenters. The van der Waals surface area contributed by atoms with Crippen molar-refractivity contribution in [1.29, 1.82) is 0 Å². The van der Waals surface area contributed by atoms with Gasteiger partial charge in [-0.3, -0.25) is 14.2 Å². The van der Waals surface area contributed by atoms with Crippen LogP contribution < -0.4 is 21.8 Å². The molecule has 1 saturated carbocycles. The highest BCUT2D eigenvalue weighted by Gasteiger charge is 2.29. The molecular weight excluding hydrogens is 517 g/mol. The molecule has 5 rings (SSSR count). The molecule has 1 aliphatic rings. The second-order valence-corrected chi connectivity index (χ2v) is 9.94. The van der Waals surface area contributed by atoms with Gasteiger partial charge in [-0.25, -0.2) is 14.3 Å². The number of carbonyl (C=O) groups is 1. The Hall–Kier alpha value is -3.56. The lowest BCUT2D eigenvalue weighted by atomic mass is 9.98. The Bertz CT molecular complexity index is 1600. The number of hydrogen-bond donors (Lipinski definition) is 1. The predicted molar refractivity (Wildman–Crippen MR) is 142 cm³/mol. The van der Waals surface area contributed by atoms with E-state index in [0.29, 0.717) is 27.1 Å². The van der Waals surface area contributed by atoms with Crippen LogP contribution in [-0.4, -0.2) is 30.9 Å². The molecule has 1 fully saturated rings. The summed E-state index contributed by atoms with van der Waals surface area (Å²) in [5, 5.41) is 0.908. The molecule has 1 aliphatic carbocycles. The van der Waals surface area contributed by atoms with E-state index < -0.39 is 23.2 Å². The van der Waals surface area contributed by atoms with Gasteiger partial charge in [-0.1, -0.05) is 41.8 Å². The van der Waals surface area contributed by atoms with Crippen molar-refractivity contribution in [3.8, 4) is 17.1 Å². The average Bonchev–Trinajstić information content (AvgIpc) is 3.28. The lowest BCUT2D eigenvalue weighted by Gasteiger charge is -2.24. The van der Waals surface area contributed by atoms with E-state index in [4.69, 9.17) is 38.8 Å². The number of halogens is 2. The van der Waals surface area contributed by atoms with Crippen LogP contribution in [0.5, 0.6) is 0 Å². The van der Waals surface area contributed by atoms with Crippen LogP contribution in [0.25, 0.3) is 28.2 Å². The number of hydrogen-bond acceptors (Lipinski definition) is 5. The molecule has 0 spiro atoms. The summed E-state index contributed by atoms with van der Waals surface area (Å²) >= 11 is 12.7. The number of amides is 1. The van der Waals surface area contributed by atoms with E-state index in [1.807, 2.05) is 0 Å². The van der Waals surface area contributed by atoms with Gasteiger partial charge < -0.3 is 10.6 Å². The molecule has 9 nitrogen and oxygen atoms in total. The molecule has 2 aromatic heterocycles. The monoisotopic (exact) mass is 541 g/mol. The summed E-state index contributed by atoms with van der Waals surface area (Å²) in [6.45, 7) is 1.40. The second-order valence-electron chi connectivity index (χ2n) is 9.10. The lowest BCUT2D eigenvalue weighted by molar-refractivity contribution is -0.120. The van der Waals surface area contributed by atoms with Gasteiger partial charge in [0.1, 0.15) is 18.0 Å². The Morgan fingerprint density at radius 1 is 1.05 bits per heavy atom. The summed E-state index contributed by atoms with van der Waals surface area (Å²) in [6, 6.07) is 12.6. The fraction of sp³-hybridized carbons (Fsp3) is 0.308. The van der Waals surface area contributed by atoms with Crippen LogP contribution in [0.1, 0.15) is 45.1 Å². The highest BCUT2D eigenvalue weighted by atomic mass is 35.5. The van der Waals surface area contributed by atoms with Crippen molar-refractivity contribution in [3.63, 3.8) is 0 Å². The van der Waals surface area contributed by atoms with Crippen molar-refractivity contribution in [3.05, 3.63) is 79.4 Å². The number of primary amides is 1. The quantitative estimate of drug-likeness (QED) is 0.394. The lowest BCUT2D eigenvalue weighted by Crippen LogP contribution is -2.48. The first kappa shape index (κ1) is 25.1. The molecule has 37 heavy (non-hydrogen) atoms. The molecule has 2 aromatic carbocycles. The van der Waals surface area contributed by atoms with Gasteiger partial charge in [-0.05, 0) is 69.0 Å². The molecule has 11 heteroatoms. The Morgan fingerprint density at radius 2 is 1.73 bits per heavy atom. The largest absolute Gasteiger partial charge is 0.404 e. The molecular formula is C26H25Cl2N5O4. The molecule has 192 valence electrons. The van der Waals surface area contributed by atoms with Gasteiger partial charge >= 0.3 is 5.69 Å². The summed E-state index contributed by atoms with van der Waals surface area (Å²) in [6.07, 6.45) is 4.29. The summed E-state index contributed by atoms with van der Waals surface area (Å²) < 4.78 is 3.44. The van der Waals surface area contributed by atoms with Crippen LogP contribution >= 0.6 is 23.2 Å². The molecule has 0 saturated heterocycles. The molecule has 2 N–H and O–H groups in total. The van der Waals surface area contributed by atoms with E-state index in [1.165, 1.54) is 6.92 Å². The number of fused-ring (bicyclic) bond motifs is 1. The minimum atomic E-state index is -1.22. The molecule has 0 aliphatic heterocycles. The van der Waals surface area contributed by atoms with Gasteiger partial charge in [0.25, 0.3) is 5.56 Å². The van der Waals surface area contributed by atoms with E-state index in [1.54, 1.807) is 53.1 Å². The average molecular weight is 542 g/mol. The van der Waals surface area contributed by atoms with Crippen molar-refractivity contribution >= 4 is 40.3 Å². The van der Waals surface area contributed by atoms with E-state index in [0.717, 1.165) is 41.4 Å². The van der Waals surface area contributed by atoms with Crippen molar-refractivity contribution in [2.24, 2.45) is 5.73 Å². The highest BCUT2D eigenvalue weighted by molar-refractivity contribution is 6.33. The first-order valence-corrected chi connectivity index (χ1v) is 12.8. The molecule has 0 radical (unpaired) electrons. The number of nitrogens with two attached hydrogens (primary N) is 1. The van der Waals surface area contributed by atoms with Gasteiger partial charge in [-0.2, -0.15) is 0 Å². The Labute approximate surface area is 222 Å². The van der Waals surface area contributed by atoms with Gasteiger partial charge in [0.05, 0.1) is 5.02 Å². The fourth-order valence-electron chi connectivity index (χ4n) is 4.68. The van der Waals surface area contributed by atoms with Gasteiger partial charge in [0.2, 0.25) is 11.6 Å². The van der Waals surface area contributed by atoms with Crippen LogP contribution in [0.2, 0.25) is 10.0 Å².